The zero-order valence-corrected chi connectivity index (χ0v) is 11.4. The molecule has 0 saturated heterocycles. The lowest BCUT2D eigenvalue weighted by molar-refractivity contribution is 0.101. The van der Waals surface area contributed by atoms with Gasteiger partial charge >= 0.3 is 0 Å². The molecule has 3 rings (SSSR count). The fourth-order valence-electron chi connectivity index (χ4n) is 2.12. The van der Waals surface area contributed by atoms with Crippen LogP contribution in [0, 0.1) is 5.82 Å². The van der Waals surface area contributed by atoms with Gasteiger partial charge in [-0.1, -0.05) is 29.8 Å². The molecule has 0 aliphatic heterocycles. The van der Waals surface area contributed by atoms with Gasteiger partial charge in [0.1, 0.15) is 5.76 Å². The van der Waals surface area contributed by atoms with E-state index >= 15 is 0 Å². The maximum absolute atomic E-state index is 13.6. The molecule has 0 aliphatic carbocycles. The van der Waals surface area contributed by atoms with E-state index in [-0.39, 0.29) is 11.4 Å². The number of carbonyl (C=O) groups is 1. The third kappa shape index (κ3) is 2.10. The molecule has 0 radical (unpaired) electrons. The average Bonchev–Trinajstić information content (AvgIpc) is 2.83. The molecule has 0 atom stereocenters. The molecule has 0 fully saturated rings. The highest BCUT2D eigenvalue weighted by atomic mass is 35.5. The Kier molecular flexibility index (Phi) is 3.07. The van der Waals surface area contributed by atoms with Crippen molar-refractivity contribution in [2.45, 2.75) is 6.92 Å². The smallest absolute Gasteiger partial charge is 0.170 e. The van der Waals surface area contributed by atoms with Crippen molar-refractivity contribution >= 4 is 28.4 Å². The first-order chi connectivity index (χ1) is 9.56. The Morgan fingerprint density at radius 3 is 2.65 bits per heavy atom. The fraction of sp³-hybridized carbons (Fsp3) is 0.0625. The van der Waals surface area contributed by atoms with Crippen LogP contribution in [0.15, 0.2) is 46.9 Å². The van der Waals surface area contributed by atoms with Crippen LogP contribution in [-0.4, -0.2) is 5.78 Å². The normalized spacial score (nSPS) is 10.9. The number of para-hydroxylation sites is 1. The van der Waals surface area contributed by atoms with Crippen molar-refractivity contribution in [1.29, 1.82) is 0 Å². The van der Waals surface area contributed by atoms with Gasteiger partial charge in [-0.15, -0.1) is 0 Å². The molecular formula is C16H10ClFO2. The summed E-state index contributed by atoms with van der Waals surface area (Å²) in [6, 6.07) is 11.5. The molecule has 0 spiro atoms. The first kappa shape index (κ1) is 12.9. The summed E-state index contributed by atoms with van der Waals surface area (Å²) < 4.78 is 19.1. The molecule has 2 nitrogen and oxygen atoms in total. The van der Waals surface area contributed by atoms with Crippen molar-refractivity contribution in [1.82, 2.24) is 0 Å². The number of rotatable bonds is 2. The molecule has 0 bridgehead atoms. The maximum Gasteiger partial charge on any atom is 0.170 e. The van der Waals surface area contributed by atoms with Crippen molar-refractivity contribution in [3.8, 4) is 11.3 Å². The summed E-state index contributed by atoms with van der Waals surface area (Å²) in [6.45, 7) is 1.46. The third-order valence-electron chi connectivity index (χ3n) is 3.13. The van der Waals surface area contributed by atoms with Crippen LogP contribution in [0.1, 0.15) is 17.3 Å². The first-order valence-corrected chi connectivity index (χ1v) is 6.43. The van der Waals surface area contributed by atoms with Crippen LogP contribution in [0.3, 0.4) is 0 Å². The van der Waals surface area contributed by atoms with Crippen LogP contribution in [0.2, 0.25) is 5.02 Å². The third-order valence-corrected chi connectivity index (χ3v) is 3.44. The highest BCUT2D eigenvalue weighted by molar-refractivity contribution is 6.34. The van der Waals surface area contributed by atoms with Crippen molar-refractivity contribution in [3.63, 3.8) is 0 Å². The Bertz CT molecular complexity index is 820. The molecule has 20 heavy (non-hydrogen) atoms. The number of halogens is 2. The van der Waals surface area contributed by atoms with Gasteiger partial charge in [0, 0.05) is 16.5 Å². The second-order valence-electron chi connectivity index (χ2n) is 4.52. The minimum Gasteiger partial charge on any atom is -0.453 e. The van der Waals surface area contributed by atoms with Crippen molar-refractivity contribution in [2.24, 2.45) is 0 Å². The molecule has 1 heterocycles. The van der Waals surface area contributed by atoms with Gasteiger partial charge in [-0.2, -0.15) is 0 Å². The number of carbonyl (C=O) groups excluding carboxylic acids is 1. The summed E-state index contributed by atoms with van der Waals surface area (Å²) in [5.41, 5.74) is 1.38. The topological polar surface area (TPSA) is 30.2 Å². The lowest BCUT2D eigenvalue weighted by Gasteiger charge is -2.02. The molecule has 1 aromatic heterocycles. The van der Waals surface area contributed by atoms with Gasteiger partial charge in [-0.3, -0.25) is 4.79 Å². The Labute approximate surface area is 119 Å². The minimum absolute atomic E-state index is 0.0998. The number of hydrogen-bond donors (Lipinski definition) is 0. The number of furan rings is 1. The fourth-order valence-corrected chi connectivity index (χ4v) is 2.44. The summed E-state index contributed by atoms with van der Waals surface area (Å²) in [4.78, 5) is 11.3. The summed E-state index contributed by atoms with van der Waals surface area (Å²) in [7, 11) is 0. The predicted octanol–water partition coefficient (Wildman–Crippen LogP) is 5.09. The number of benzene rings is 2. The Morgan fingerprint density at radius 1 is 1.20 bits per heavy atom. The average molecular weight is 289 g/mol. The summed E-state index contributed by atoms with van der Waals surface area (Å²) in [5.74, 6) is 0.0134. The quantitative estimate of drug-likeness (QED) is 0.614. The molecule has 100 valence electrons. The summed E-state index contributed by atoms with van der Waals surface area (Å²) >= 11 is 6.07. The van der Waals surface area contributed by atoms with Gasteiger partial charge in [0.25, 0.3) is 0 Å². The Balaban J connectivity index is 2.13. The zero-order valence-electron chi connectivity index (χ0n) is 10.6. The van der Waals surface area contributed by atoms with E-state index in [1.807, 2.05) is 0 Å². The molecule has 0 unspecified atom stereocenters. The van der Waals surface area contributed by atoms with Gasteiger partial charge in [-0.25, -0.2) is 4.39 Å². The van der Waals surface area contributed by atoms with Gasteiger partial charge < -0.3 is 4.42 Å². The second-order valence-corrected chi connectivity index (χ2v) is 4.93. The summed E-state index contributed by atoms with van der Waals surface area (Å²) in [5, 5.41) is 1.04. The number of hydrogen-bond acceptors (Lipinski definition) is 2. The molecule has 4 heteroatoms. The molecule has 0 amide bonds. The van der Waals surface area contributed by atoms with E-state index in [1.165, 1.54) is 13.0 Å². The SMILES string of the molecule is CC(=O)c1ccc(-c2cc3cccc(F)c3o2)cc1Cl. The van der Waals surface area contributed by atoms with Crippen LogP contribution in [0.4, 0.5) is 4.39 Å². The molecule has 3 aromatic rings. The lowest BCUT2D eigenvalue weighted by atomic mass is 10.1. The van der Waals surface area contributed by atoms with Crippen LogP contribution in [0.5, 0.6) is 0 Å². The van der Waals surface area contributed by atoms with Crippen LogP contribution < -0.4 is 0 Å². The second kappa shape index (κ2) is 4.76. The highest BCUT2D eigenvalue weighted by Crippen LogP contribution is 2.31. The van der Waals surface area contributed by atoms with Crippen LogP contribution >= 0.6 is 11.6 Å². The van der Waals surface area contributed by atoms with E-state index in [0.29, 0.717) is 27.3 Å². The Hall–Kier alpha value is -2.13. The Morgan fingerprint density at radius 2 is 2.00 bits per heavy atom. The van der Waals surface area contributed by atoms with E-state index in [0.717, 1.165) is 0 Å². The number of Topliss-reactive ketones (excluding diaryl/α,β-unsaturated/α-hetero) is 1. The molecular weight excluding hydrogens is 279 g/mol. The van der Waals surface area contributed by atoms with Crippen LogP contribution in [-0.2, 0) is 0 Å². The lowest BCUT2D eigenvalue weighted by Crippen LogP contribution is -1.92. The molecule has 0 N–H and O–H groups in total. The zero-order chi connectivity index (χ0) is 14.3. The van der Waals surface area contributed by atoms with Crippen molar-refractivity contribution < 1.29 is 13.6 Å². The highest BCUT2D eigenvalue weighted by Gasteiger charge is 2.12. The van der Waals surface area contributed by atoms with Crippen LogP contribution in [0.25, 0.3) is 22.3 Å². The van der Waals surface area contributed by atoms with E-state index in [4.69, 9.17) is 16.0 Å². The summed E-state index contributed by atoms with van der Waals surface area (Å²) in [6.07, 6.45) is 0. The molecule has 0 saturated carbocycles. The minimum atomic E-state index is -0.403. The monoisotopic (exact) mass is 288 g/mol. The number of ketones is 1. The van der Waals surface area contributed by atoms with Gasteiger partial charge in [0.2, 0.25) is 0 Å². The molecule has 2 aromatic carbocycles. The van der Waals surface area contributed by atoms with Crippen molar-refractivity contribution in [2.75, 3.05) is 0 Å². The van der Waals surface area contributed by atoms with Crippen molar-refractivity contribution in [3.05, 3.63) is 58.9 Å². The largest absolute Gasteiger partial charge is 0.453 e. The number of fused-ring (bicyclic) bond motifs is 1. The van der Waals surface area contributed by atoms with Gasteiger partial charge in [0.15, 0.2) is 17.2 Å². The maximum atomic E-state index is 13.6. The molecule has 0 aliphatic rings. The van der Waals surface area contributed by atoms with E-state index in [2.05, 4.69) is 0 Å². The van der Waals surface area contributed by atoms with E-state index in [1.54, 1.807) is 36.4 Å². The van der Waals surface area contributed by atoms with E-state index < -0.39 is 5.82 Å². The van der Waals surface area contributed by atoms with Gasteiger partial charge in [0.05, 0.1) is 5.02 Å². The predicted molar refractivity (Wildman–Crippen MR) is 76.6 cm³/mol. The van der Waals surface area contributed by atoms with E-state index in [9.17, 15) is 9.18 Å². The standard InChI is InChI=1S/C16H10ClFO2/c1-9(19)12-6-5-10(7-13(12)17)15-8-11-3-2-4-14(18)16(11)20-15/h2-8H,1H3. The first-order valence-electron chi connectivity index (χ1n) is 6.05. The van der Waals surface area contributed by atoms with Gasteiger partial charge in [-0.05, 0) is 31.2 Å².